The standard InChI is InChI=1S/C11H16O3/c1-11(2)8-6-4-3-5-7(8)9(12)14-10(11)13/h7-8H,3-6H2,1-2H3. The van der Waals surface area contributed by atoms with E-state index in [1.54, 1.807) is 0 Å². The zero-order chi connectivity index (χ0) is 10.3. The highest BCUT2D eigenvalue weighted by atomic mass is 16.6. The van der Waals surface area contributed by atoms with Gasteiger partial charge in [0.2, 0.25) is 0 Å². The molecule has 0 aromatic rings. The van der Waals surface area contributed by atoms with Crippen molar-refractivity contribution in [3.05, 3.63) is 0 Å². The van der Waals surface area contributed by atoms with Gasteiger partial charge in [0, 0.05) is 0 Å². The second-order valence-corrected chi connectivity index (χ2v) is 4.93. The topological polar surface area (TPSA) is 43.4 Å². The molecule has 0 radical (unpaired) electrons. The third-order valence-electron chi connectivity index (χ3n) is 3.72. The van der Waals surface area contributed by atoms with Crippen LogP contribution < -0.4 is 0 Å². The van der Waals surface area contributed by atoms with Crippen molar-refractivity contribution >= 4 is 11.9 Å². The molecule has 0 amide bonds. The maximum absolute atomic E-state index is 11.5. The van der Waals surface area contributed by atoms with E-state index in [1.807, 2.05) is 13.8 Å². The summed E-state index contributed by atoms with van der Waals surface area (Å²) in [5.41, 5.74) is -0.473. The first-order valence-corrected chi connectivity index (χ1v) is 5.29. The molecule has 2 atom stereocenters. The Hall–Kier alpha value is -0.860. The van der Waals surface area contributed by atoms with E-state index in [4.69, 9.17) is 4.74 Å². The number of hydrogen-bond donors (Lipinski definition) is 0. The number of rotatable bonds is 0. The molecular formula is C11H16O3. The number of esters is 2. The summed E-state index contributed by atoms with van der Waals surface area (Å²) in [6.45, 7) is 3.79. The molecule has 78 valence electrons. The molecule has 1 saturated heterocycles. The van der Waals surface area contributed by atoms with Crippen LogP contribution in [0.2, 0.25) is 0 Å². The molecule has 0 aromatic heterocycles. The van der Waals surface area contributed by atoms with Crippen molar-refractivity contribution < 1.29 is 14.3 Å². The molecule has 0 N–H and O–H groups in total. The average Bonchev–Trinajstić information content (AvgIpc) is 2.16. The van der Waals surface area contributed by atoms with E-state index >= 15 is 0 Å². The highest BCUT2D eigenvalue weighted by Gasteiger charge is 2.51. The van der Waals surface area contributed by atoms with Gasteiger partial charge < -0.3 is 4.74 Å². The zero-order valence-corrected chi connectivity index (χ0v) is 8.71. The third kappa shape index (κ3) is 1.26. The number of ether oxygens (including phenoxy) is 1. The van der Waals surface area contributed by atoms with Crippen LogP contribution in [0.15, 0.2) is 0 Å². The van der Waals surface area contributed by atoms with Crippen molar-refractivity contribution in [1.82, 2.24) is 0 Å². The SMILES string of the molecule is CC1(C)C(=O)OC(=O)C2CCCCC21. The van der Waals surface area contributed by atoms with Crippen molar-refractivity contribution in [2.75, 3.05) is 0 Å². The summed E-state index contributed by atoms with van der Waals surface area (Å²) in [5, 5.41) is 0. The molecule has 0 spiro atoms. The molecule has 1 saturated carbocycles. The Morgan fingerprint density at radius 3 is 2.57 bits per heavy atom. The summed E-state index contributed by atoms with van der Waals surface area (Å²) in [5.74, 6) is -0.467. The highest BCUT2D eigenvalue weighted by molar-refractivity contribution is 5.93. The Labute approximate surface area is 83.8 Å². The summed E-state index contributed by atoms with van der Waals surface area (Å²) in [7, 11) is 0. The van der Waals surface area contributed by atoms with Crippen molar-refractivity contribution in [2.45, 2.75) is 39.5 Å². The van der Waals surface area contributed by atoms with Crippen LogP contribution in [-0.2, 0) is 14.3 Å². The van der Waals surface area contributed by atoms with Crippen LogP contribution in [-0.4, -0.2) is 11.9 Å². The summed E-state index contributed by atoms with van der Waals surface area (Å²) in [6.07, 6.45) is 4.09. The Balaban J connectivity index is 2.29. The molecule has 2 fully saturated rings. The predicted octanol–water partition coefficient (Wildman–Crippen LogP) is 1.90. The largest absolute Gasteiger partial charge is 0.393 e. The zero-order valence-electron chi connectivity index (χ0n) is 8.71. The van der Waals surface area contributed by atoms with Gasteiger partial charge >= 0.3 is 11.9 Å². The lowest BCUT2D eigenvalue weighted by atomic mass is 9.64. The van der Waals surface area contributed by atoms with Gasteiger partial charge in [0.1, 0.15) is 0 Å². The summed E-state index contributed by atoms with van der Waals surface area (Å²) >= 11 is 0. The average molecular weight is 196 g/mol. The first-order valence-electron chi connectivity index (χ1n) is 5.29. The van der Waals surface area contributed by atoms with Crippen LogP contribution >= 0.6 is 0 Å². The fourth-order valence-electron chi connectivity index (χ4n) is 2.73. The van der Waals surface area contributed by atoms with E-state index < -0.39 is 5.41 Å². The van der Waals surface area contributed by atoms with Crippen molar-refractivity contribution in [1.29, 1.82) is 0 Å². The molecule has 1 aliphatic heterocycles. The molecule has 0 bridgehead atoms. The lowest BCUT2D eigenvalue weighted by Crippen LogP contribution is -2.49. The Kier molecular flexibility index (Phi) is 2.13. The van der Waals surface area contributed by atoms with Gasteiger partial charge in [-0.1, -0.05) is 12.8 Å². The van der Waals surface area contributed by atoms with Crippen LogP contribution in [0, 0.1) is 17.3 Å². The second-order valence-electron chi connectivity index (χ2n) is 4.93. The Morgan fingerprint density at radius 1 is 1.21 bits per heavy atom. The lowest BCUT2D eigenvalue weighted by molar-refractivity contribution is -0.185. The predicted molar refractivity (Wildman–Crippen MR) is 50.3 cm³/mol. The Morgan fingerprint density at radius 2 is 1.86 bits per heavy atom. The van der Waals surface area contributed by atoms with E-state index in [-0.39, 0.29) is 23.8 Å². The molecule has 1 aliphatic carbocycles. The first kappa shape index (κ1) is 9.69. The van der Waals surface area contributed by atoms with E-state index in [2.05, 4.69) is 0 Å². The van der Waals surface area contributed by atoms with Gasteiger partial charge in [-0.3, -0.25) is 9.59 Å². The molecule has 3 nitrogen and oxygen atoms in total. The molecule has 3 heteroatoms. The fraction of sp³-hybridized carbons (Fsp3) is 0.818. The molecule has 2 aliphatic rings. The summed E-state index contributed by atoms with van der Waals surface area (Å²) in [6, 6.07) is 0. The van der Waals surface area contributed by atoms with Gasteiger partial charge in [-0.05, 0) is 32.6 Å². The van der Waals surface area contributed by atoms with Gasteiger partial charge in [0.05, 0.1) is 11.3 Å². The summed E-state index contributed by atoms with van der Waals surface area (Å²) in [4.78, 5) is 23.0. The minimum atomic E-state index is -0.473. The number of cyclic esters (lactones) is 2. The molecular weight excluding hydrogens is 180 g/mol. The van der Waals surface area contributed by atoms with E-state index in [9.17, 15) is 9.59 Å². The van der Waals surface area contributed by atoms with Gasteiger partial charge in [0.15, 0.2) is 0 Å². The third-order valence-corrected chi connectivity index (χ3v) is 3.72. The second kappa shape index (κ2) is 3.07. The van der Waals surface area contributed by atoms with Crippen LogP contribution in [0.4, 0.5) is 0 Å². The molecule has 0 aromatic carbocycles. The van der Waals surface area contributed by atoms with E-state index in [1.165, 1.54) is 0 Å². The van der Waals surface area contributed by atoms with Gasteiger partial charge in [-0.2, -0.15) is 0 Å². The van der Waals surface area contributed by atoms with Crippen LogP contribution in [0.25, 0.3) is 0 Å². The van der Waals surface area contributed by atoms with Crippen molar-refractivity contribution in [3.8, 4) is 0 Å². The minimum absolute atomic E-state index is 0.0311. The summed E-state index contributed by atoms with van der Waals surface area (Å²) < 4.78 is 4.79. The quantitative estimate of drug-likeness (QED) is 0.439. The molecule has 2 rings (SSSR count). The minimum Gasteiger partial charge on any atom is -0.393 e. The van der Waals surface area contributed by atoms with Gasteiger partial charge in [-0.15, -0.1) is 0 Å². The normalized spacial score (nSPS) is 36.1. The number of carbonyl (C=O) groups is 2. The highest BCUT2D eigenvalue weighted by Crippen LogP contribution is 2.46. The molecule has 14 heavy (non-hydrogen) atoms. The van der Waals surface area contributed by atoms with Crippen molar-refractivity contribution in [2.24, 2.45) is 17.3 Å². The maximum Gasteiger partial charge on any atom is 0.319 e. The van der Waals surface area contributed by atoms with Crippen LogP contribution in [0.5, 0.6) is 0 Å². The fourth-order valence-corrected chi connectivity index (χ4v) is 2.73. The number of fused-ring (bicyclic) bond motifs is 1. The first-order chi connectivity index (χ1) is 6.53. The molecule has 2 unspecified atom stereocenters. The lowest BCUT2D eigenvalue weighted by Gasteiger charge is -2.42. The number of hydrogen-bond acceptors (Lipinski definition) is 3. The maximum atomic E-state index is 11.5. The van der Waals surface area contributed by atoms with Gasteiger partial charge in [0.25, 0.3) is 0 Å². The van der Waals surface area contributed by atoms with Crippen molar-refractivity contribution in [3.63, 3.8) is 0 Å². The smallest absolute Gasteiger partial charge is 0.319 e. The van der Waals surface area contributed by atoms with Crippen LogP contribution in [0.3, 0.4) is 0 Å². The van der Waals surface area contributed by atoms with Gasteiger partial charge in [-0.25, -0.2) is 0 Å². The van der Waals surface area contributed by atoms with Crippen LogP contribution in [0.1, 0.15) is 39.5 Å². The monoisotopic (exact) mass is 196 g/mol. The van der Waals surface area contributed by atoms with E-state index in [0.717, 1.165) is 25.7 Å². The Bertz CT molecular complexity index is 280. The number of carbonyl (C=O) groups excluding carboxylic acids is 2. The molecule has 1 heterocycles. The van der Waals surface area contributed by atoms with E-state index in [0.29, 0.717) is 0 Å².